The van der Waals surface area contributed by atoms with Crippen LogP contribution in [0.4, 0.5) is 0 Å². The van der Waals surface area contributed by atoms with E-state index in [0.29, 0.717) is 5.41 Å². The van der Waals surface area contributed by atoms with Crippen LogP contribution < -0.4 is 0 Å². The molecule has 0 unspecified atom stereocenters. The number of aryl methyl sites for hydroxylation is 4. The summed E-state index contributed by atoms with van der Waals surface area (Å²) in [5.74, 6) is 0. The zero-order valence-corrected chi connectivity index (χ0v) is 31.3. The van der Waals surface area contributed by atoms with E-state index in [2.05, 4.69) is 159 Å². The largest absolute Gasteiger partial charge is 0.256 e. The minimum atomic E-state index is 0.316. The molecule has 5 aromatic carbocycles. The molecular weight excluding hydrogens is 641 g/mol. The van der Waals surface area contributed by atoms with E-state index in [1.165, 1.54) is 98.9 Å². The molecule has 0 N–H and O–H groups in total. The fraction of sp³-hybridized carbons (Fsp3) is 0.216. The van der Waals surface area contributed by atoms with Crippen molar-refractivity contribution in [2.24, 2.45) is 0 Å². The van der Waals surface area contributed by atoms with E-state index in [-0.39, 0.29) is 0 Å². The van der Waals surface area contributed by atoms with Crippen molar-refractivity contribution < 1.29 is 0 Å². The summed E-state index contributed by atoms with van der Waals surface area (Å²) in [4.78, 5) is 9.38. The van der Waals surface area contributed by atoms with Crippen molar-refractivity contribution in [2.45, 2.75) is 71.1 Å². The highest BCUT2D eigenvalue weighted by Gasteiger charge is 2.28. The van der Waals surface area contributed by atoms with Crippen molar-refractivity contribution in [1.82, 2.24) is 9.97 Å². The van der Waals surface area contributed by atoms with Crippen molar-refractivity contribution in [3.63, 3.8) is 0 Å². The molecule has 7 aromatic rings. The molecule has 262 valence electrons. The molecule has 1 saturated carbocycles. The number of aromatic nitrogens is 2. The van der Waals surface area contributed by atoms with Crippen LogP contribution in [-0.4, -0.2) is 9.97 Å². The molecule has 1 aliphatic rings. The number of hydrogen-bond acceptors (Lipinski definition) is 2. The molecule has 0 bridgehead atoms. The van der Waals surface area contributed by atoms with Gasteiger partial charge < -0.3 is 0 Å². The molecular formula is C51H48N2. The van der Waals surface area contributed by atoms with Crippen molar-refractivity contribution in [3.8, 4) is 55.9 Å². The normalized spacial score (nSPS) is 13.9. The topological polar surface area (TPSA) is 25.8 Å². The Bertz CT molecular complexity index is 2330. The number of pyridine rings is 2. The Labute approximate surface area is 315 Å². The Hall–Kier alpha value is -5.60. The first-order valence-corrected chi connectivity index (χ1v) is 19.3. The number of benzene rings is 5. The summed E-state index contributed by atoms with van der Waals surface area (Å²) in [6.07, 6.45) is 12.4. The summed E-state index contributed by atoms with van der Waals surface area (Å²) < 4.78 is 0. The highest BCUT2D eigenvalue weighted by molar-refractivity contribution is 5.85. The van der Waals surface area contributed by atoms with Crippen LogP contribution in [0, 0.1) is 13.8 Å². The molecule has 0 saturated heterocycles. The second-order valence-electron chi connectivity index (χ2n) is 15.3. The summed E-state index contributed by atoms with van der Waals surface area (Å²) in [5, 5.41) is 0. The first kappa shape index (κ1) is 34.5. The third kappa shape index (κ3) is 7.64. The van der Waals surface area contributed by atoms with Crippen LogP contribution >= 0.6 is 0 Å². The molecule has 53 heavy (non-hydrogen) atoms. The second-order valence-corrected chi connectivity index (χ2v) is 15.3. The molecule has 2 heteroatoms. The Morgan fingerprint density at radius 3 is 1.89 bits per heavy atom. The number of nitrogens with zero attached hydrogens (tertiary/aromatic N) is 2. The summed E-state index contributed by atoms with van der Waals surface area (Å²) in [7, 11) is 0. The Kier molecular flexibility index (Phi) is 9.87. The minimum absolute atomic E-state index is 0.316. The van der Waals surface area contributed by atoms with Crippen LogP contribution in [0.3, 0.4) is 0 Å². The third-order valence-corrected chi connectivity index (χ3v) is 11.4. The van der Waals surface area contributed by atoms with Crippen molar-refractivity contribution in [3.05, 3.63) is 180 Å². The van der Waals surface area contributed by atoms with Crippen LogP contribution in [-0.2, 0) is 18.3 Å². The maximum Gasteiger partial charge on any atom is 0.0731 e. The molecule has 0 spiro atoms. The standard InChI is InChI=1S/C51H48N2/c1-36-32-39(14-13-38-15-17-43(18-16-38)50-37(2)10-9-30-53-50)34-45(33-36)48-12-6-5-11-47(48)41-19-21-42(22-20-41)49-35-44(27-31-52-49)40-23-25-46(26-24-40)51(3)28-7-4-8-29-51/h5-6,9-12,15-27,30-35H,4,7-8,13-14,28-29H2,1-3H3. The van der Waals surface area contributed by atoms with Gasteiger partial charge in [0.1, 0.15) is 0 Å². The molecule has 0 radical (unpaired) electrons. The van der Waals surface area contributed by atoms with E-state index in [1.54, 1.807) is 0 Å². The maximum absolute atomic E-state index is 4.78. The van der Waals surface area contributed by atoms with Gasteiger partial charge in [-0.05, 0) is 119 Å². The summed E-state index contributed by atoms with van der Waals surface area (Å²) in [6, 6.07) is 51.4. The van der Waals surface area contributed by atoms with Gasteiger partial charge >= 0.3 is 0 Å². The lowest BCUT2D eigenvalue weighted by molar-refractivity contribution is 0.319. The predicted octanol–water partition coefficient (Wildman–Crippen LogP) is 13.4. The van der Waals surface area contributed by atoms with E-state index < -0.39 is 0 Å². The fourth-order valence-corrected chi connectivity index (χ4v) is 8.33. The SMILES string of the molecule is Cc1cc(CCc2ccc(-c3ncccc3C)cc2)cc(-c2ccccc2-c2ccc(-c3cc(-c4ccc(C5(C)CCCCC5)cc4)ccn3)cc2)c1. The molecule has 2 aromatic heterocycles. The first-order chi connectivity index (χ1) is 25.9. The highest BCUT2D eigenvalue weighted by atomic mass is 14.7. The zero-order valence-electron chi connectivity index (χ0n) is 31.3. The summed E-state index contributed by atoms with van der Waals surface area (Å²) in [6.45, 7) is 6.77. The van der Waals surface area contributed by atoms with Crippen molar-refractivity contribution in [1.29, 1.82) is 0 Å². The lowest BCUT2D eigenvalue weighted by atomic mass is 9.71. The van der Waals surface area contributed by atoms with E-state index in [1.807, 2.05) is 18.5 Å². The first-order valence-electron chi connectivity index (χ1n) is 19.3. The van der Waals surface area contributed by atoms with Crippen LogP contribution in [0.25, 0.3) is 55.9 Å². The summed E-state index contributed by atoms with van der Waals surface area (Å²) in [5.41, 5.74) is 18.7. The smallest absolute Gasteiger partial charge is 0.0731 e. The lowest BCUT2D eigenvalue weighted by Gasteiger charge is -2.34. The molecule has 0 aliphatic heterocycles. The van der Waals surface area contributed by atoms with Crippen molar-refractivity contribution >= 4 is 0 Å². The van der Waals surface area contributed by atoms with Gasteiger partial charge in [-0.1, -0.05) is 153 Å². The van der Waals surface area contributed by atoms with Gasteiger partial charge in [0, 0.05) is 23.5 Å². The second kappa shape index (κ2) is 15.2. The highest BCUT2D eigenvalue weighted by Crippen LogP contribution is 2.40. The van der Waals surface area contributed by atoms with Gasteiger partial charge in [0.05, 0.1) is 11.4 Å². The summed E-state index contributed by atoms with van der Waals surface area (Å²) >= 11 is 0. The van der Waals surface area contributed by atoms with E-state index in [9.17, 15) is 0 Å². The van der Waals surface area contributed by atoms with Gasteiger partial charge in [-0.2, -0.15) is 0 Å². The monoisotopic (exact) mass is 688 g/mol. The van der Waals surface area contributed by atoms with E-state index in [0.717, 1.165) is 29.8 Å². The third-order valence-electron chi connectivity index (χ3n) is 11.4. The molecule has 0 atom stereocenters. The Morgan fingerprint density at radius 2 is 1.15 bits per heavy atom. The van der Waals surface area contributed by atoms with Gasteiger partial charge in [0.15, 0.2) is 0 Å². The van der Waals surface area contributed by atoms with Gasteiger partial charge in [0.25, 0.3) is 0 Å². The average molecular weight is 689 g/mol. The molecule has 2 nitrogen and oxygen atoms in total. The zero-order chi connectivity index (χ0) is 36.2. The van der Waals surface area contributed by atoms with Gasteiger partial charge in [0.2, 0.25) is 0 Å². The van der Waals surface area contributed by atoms with Gasteiger partial charge in [-0.25, -0.2) is 0 Å². The van der Waals surface area contributed by atoms with Gasteiger partial charge in [-0.15, -0.1) is 0 Å². The Balaban J connectivity index is 0.989. The van der Waals surface area contributed by atoms with Gasteiger partial charge in [-0.3, -0.25) is 9.97 Å². The van der Waals surface area contributed by atoms with E-state index >= 15 is 0 Å². The van der Waals surface area contributed by atoms with E-state index in [4.69, 9.17) is 4.98 Å². The quantitative estimate of drug-likeness (QED) is 0.151. The van der Waals surface area contributed by atoms with Crippen LogP contribution in [0.15, 0.2) is 152 Å². The van der Waals surface area contributed by atoms with Crippen LogP contribution in [0.1, 0.15) is 66.8 Å². The lowest BCUT2D eigenvalue weighted by Crippen LogP contribution is -2.24. The van der Waals surface area contributed by atoms with Crippen molar-refractivity contribution in [2.75, 3.05) is 0 Å². The number of hydrogen-bond donors (Lipinski definition) is 0. The molecule has 1 fully saturated rings. The van der Waals surface area contributed by atoms with Crippen LogP contribution in [0.2, 0.25) is 0 Å². The molecule has 2 heterocycles. The Morgan fingerprint density at radius 1 is 0.491 bits per heavy atom. The van der Waals surface area contributed by atoms with Crippen LogP contribution in [0.5, 0.6) is 0 Å². The molecule has 8 rings (SSSR count). The number of rotatable bonds is 9. The average Bonchev–Trinajstić information content (AvgIpc) is 3.21. The maximum atomic E-state index is 4.78. The minimum Gasteiger partial charge on any atom is -0.256 e. The molecule has 0 amide bonds. The molecule has 1 aliphatic carbocycles. The fourth-order valence-electron chi connectivity index (χ4n) is 8.33. The predicted molar refractivity (Wildman–Crippen MR) is 223 cm³/mol.